The van der Waals surface area contributed by atoms with Crippen LogP contribution in [0.15, 0.2) is 48.5 Å². The summed E-state index contributed by atoms with van der Waals surface area (Å²) in [6, 6.07) is 14.3. The molecule has 0 aliphatic carbocycles. The largest absolute Gasteiger partial charge is 0.366 e. The Kier molecular flexibility index (Phi) is 5.84. The molecule has 1 aliphatic rings. The van der Waals surface area contributed by atoms with Crippen molar-refractivity contribution >= 4 is 17.3 Å². The van der Waals surface area contributed by atoms with Crippen LogP contribution in [0.4, 0.5) is 11.4 Å². The minimum Gasteiger partial charge on any atom is -0.366 e. The average molecular weight is 353 g/mol. The molecule has 1 N–H and O–H groups in total. The van der Waals surface area contributed by atoms with Crippen LogP contribution in [0.3, 0.4) is 0 Å². The number of nitrogens with zero attached hydrogens (tertiary/aromatic N) is 2. The average Bonchev–Trinajstić information content (AvgIpc) is 2.96. The van der Waals surface area contributed by atoms with Crippen molar-refractivity contribution in [2.24, 2.45) is 0 Å². The van der Waals surface area contributed by atoms with E-state index in [1.165, 1.54) is 6.07 Å². The molecule has 1 aliphatic heterocycles. The van der Waals surface area contributed by atoms with Crippen LogP contribution in [-0.4, -0.2) is 23.9 Å². The van der Waals surface area contributed by atoms with Crippen molar-refractivity contribution < 1.29 is 9.72 Å². The molecule has 1 heterocycles. The summed E-state index contributed by atoms with van der Waals surface area (Å²) in [5.74, 6) is -0.306. The highest BCUT2D eigenvalue weighted by Gasteiger charge is 2.22. The third-order valence-electron chi connectivity index (χ3n) is 4.68. The van der Waals surface area contributed by atoms with E-state index in [2.05, 4.69) is 10.2 Å². The Balaban J connectivity index is 1.77. The maximum absolute atomic E-state index is 12.4. The van der Waals surface area contributed by atoms with Gasteiger partial charge in [0.1, 0.15) is 5.69 Å². The third-order valence-corrected chi connectivity index (χ3v) is 4.68. The second-order valence-corrected chi connectivity index (χ2v) is 6.53. The number of nitrogens with one attached hydrogen (secondary N) is 1. The van der Waals surface area contributed by atoms with Crippen molar-refractivity contribution in [1.29, 1.82) is 0 Å². The molecule has 0 radical (unpaired) electrons. The number of nitro groups is 1. The van der Waals surface area contributed by atoms with E-state index in [1.807, 2.05) is 30.3 Å². The summed E-state index contributed by atoms with van der Waals surface area (Å²) in [7, 11) is 0. The number of carbonyl (C=O) groups excluding carboxylic acids is 1. The van der Waals surface area contributed by atoms with Gasteiger partial charge in [-0.2, -0.15) is 0 Å². The van der Waals surface area contributed by atoms with Crippen molar-refractivity contribution in [3.05, 3.63) is 69.8 Å². The van der Waals surface area contributed by atoms with Crippen LogP contribution in [0.2, 0.25) is 0 Å². The number of carbonyl (C=O) groups is 1. The number of benzene rings is 2. The predicted octanol–water partition coefficient (Wildman–Crippen LogP) is 3.91. The van der Waals surface area contributed by atoms with Gasteiger partial charge in [0.05, 0.1) is 4.92 Å². The van der Waals surface area contributed by atoms with Crippen LogP contribution in [-0.2, 0) is 6.54 Å². The smallest absolute Gasteiger partial charge is 0.293 e. The fourth-order valence-electron chi connectivity index (χ4n) is 3.27. The second-order valence-electron chi connectivity index (χ2n) is 6.53. The highest BCUT2D eigenvalue weighted by molar-refractivity contribution is 5.95. The van der Waals surface area contributed by atoms with Crippen molar-refractivity contribution in [2.45, 2.75) is 32.2 Å². The van der Waals surface area contributed by atoms with Crippen LogP contribution < -0.4 is 10.2 Å². The van der Waals surface area contributed by atoms with Gasteiger partial charge in [-0.3, -0.25) is 14.9 Å². The molecule has 1 amide bonds. The van der Waals surface area contributed by atoms with Gasteiger partial charge in [-0.05, 0) is 30.5 Å². The summed E-state index contributed by atoms with van der Waals surface area (Å²) in [4.78, 5) is 25.6. The van der Waals surface area contributed by atoms with Crippen LogP contribution in [0.1, 0.15) is 41.6 Å². The van der Waals surface area contributed by atoms with Crippen molar-refractivity contribution in [1.82, 2.24) is 5.32 Å². The van der Waals surface area contributed by atoms with Crippen LogP contribution in [0.5, 0.6) is 0 Å². The molecule has 6 nitrogen and oxygen atoms in total. The van der Waals surface area contributed by atoms with Gasteiger partial charge in [-0.1, -0.05) is 43.2 Å². The highest BCUT2D eigenvalue weighted by Crippen LogP contribution is 2.31. The normalized spacial score (nSPS) is 14.5. The van der Waals surface area contributed by atoms with Crippen molar-refractivity contribution in [2.75, 3.05) is 18.0 Å². The summed E-state index contributed by atoms with van der Waals surface area (Å²) < 4.78 is 0. The van der Waals surface area contributed by atoms with Gasteiger partial charge >= 0.3 is 0 Å². The molecule has 1 fully saturated rings. The first-order valence-electron chi connectivity index (χ1n) is 9.00. The first-order valence-corrected chi connectivity index (χ1v) is 9.00. The van der Waals surface area contributed by atoms with E-state index in [-0.39, 0.29) is 11.6 Å². The standard InChI is InChI=1S/C20H23N3O3/c24-20(21-15-16-8-4-3-5-9-16)17-10-11-18(19(14-17)23(25)26)22-12-6-1-2-7-13-22/h3-5,8-11,14H,1-2,6-7,12-13,15H2,(H,21,24). The van der Waals surface area contributed by atoms with E-state index < -0.39 is 4.92 Å². The fourth-order valence-corrected chi connectivity index (χ4v) is 3.27. The summed E-state index contributed by atoms with van der Waals surface area (Å²) in [5, 5.41) is 14.4. The zero-order chi connectivity index (χ0) is 18.4. The van der Waals surface area contributed by atoms with E-state index in [9.17, 15) is 14.9 Å². The molecule has 1 saturated heterocycles. The summed E-state index contributed by atoms with van der Waals surface area (Å²) in [5.41, 5.74) is 1.90. The first-order chi connectivity index (χ1) is 12.6. The summed E-state index contributed by atoms with van der Waals surface area (Å²) in [6.07, 6.45) is 4.39. The number of anilines is 1. The minimum atomic E-state index is -0.395. The minimum absolute atomic E-state index is 0.000684. The first kappa shape index (κ1) is 17.9. The van der Waals surface area contributed by atoms with Gasteiger partial charge in [0, 0.05) is 31.3 Å². The molecular formula is C20H23N3O3. The maximum Gasteiger partial charge on any atom is 0.293 e. The number of amides is 1. The highest BCUT2D eigenvalue weighted by atomic mass is 16.6. The molecule has 0 aromatic heterocycles. The van der Waals surface area contributed by atoms with Gasteiger partial charge in [0.25, 0.3) is 11.6 Å². The molecule has 6 heteroatoms. The van der Waals surface area contributed by atoms with E-state index >= 15 is 0 Å². The number of rotatable bonds is 5. The zero-order valence-electron chi connectivity index (χ0n) is 14.7. The Bertz CT molecular complexity index is 769. The van der Waals surface area contributed by atoms with E-state index in [4.69, 9.17) is 0 Å². The SMILES string of the molecule is O=C(NCc1ccccc1)c1ccc(N2CCCCCC2)c([N+](=O)[O-])c1. The quantitative estimate of drug-likeness (QED) is 0.653. The van der Waals surface area contributed by atoms with Crippen molar-refractivity contribution in [3.8, 4) is 0 Å². The van der Waals surface area contributed by atoms with E-state index in [1.54, 1.807) is 12.1 Å². The molecule has 136 valence electrons. The lowest BCUT2D eigenvalue weighted by Crippen LogP contribution is -2.26. The zero-order valence-corrected chi connectivity index (χ0v) is 14.7. The van der Waals surface area contributed by atoms with Gasteiger partial charge in [-0.15, -0.1) is 0 Å². The molecule has 0 bridgehead atoms. The molecule has 3 rings (SSSR count). The van der Waals surface area contributed by atoms with Gasteiger partial charge < -0.3 is 10.2 Å². The Morgan fingerprint density at radius 2 is 1.73 bits per heavy atom. The third kappa shape index (κ3) is 4.39. The number of hydrogen-bond acceptors (Lipinski definition) is 4. The van der Waals surface area contributed by atoms with E-state index in [0.29, 0.717) is 17.8 Å². The van der Waals surface area contributed by atoms with Crippen molar-refractivity contribution in [3.63, 3.8) is 0 Å². The molecule has 0 atom stereocenters. The molecule has 2 aromatic carbocycles. The second kappa shape index (κ2) is 8.47. The Morgan fingerprint density at radius 1 is 1.04 bits per heavy atom. The topological polar surface area (TPSA) is 75.5 Å². The molecule has 0 unspecified atom stereocenters. The Labute approximate surface area is 153 Å². The monoisotopic (exact) mass is 353 g/mol. The molecule has 0 spiro atoms. The van der Waals surface area contributed by atoms with E-state index in [0.717, 1.165) is 44.3 Å². The van der Waals surface area contributed by atoms with Gasteiger partial charge in [-0.25, -0.2) is 0 Å². The maximum atomic E-state index is 12.4. The molecule has 26 heavy (non-hydrogen) atoms. The Morgan fingerprint density at radius 3 is 2.38 bits per heavy atom. The van der Waals surface area contributed by atoms with Gasteiger partial charge in [0.15, 0.2) is 0 Å². The van der Waals surface area contributed by atoms with Crippen LogP contribution >= 0.6 is 0 Å². The summed E-state index contributed by atoms with van der Waals surface area (Å²) in [6.45, 7) is 2.03. The Hall–Kier alpha value is -2.89. The number of nitro benzene ring substituents is 1. The molecule has 0 saturated carbocycles. The summed E-state index contributed by atoms with van der Waals surface area (Å²) >= 11 is 0. The molecular weight excluding hydrogens is 330 g/mol. The number of hydrogen-bond donors (Lipinski definition) is 1. The lowest BCUT2D eigenvalue weighted by Gasteiger charge is -2.22. The lowest BCUT2D eigenvalue weighted by atomic mass is 10.1. The van der Waals surface area contributed by atoms with Crippen LogP contribution in [0.25, 0.3) is 0 Å². The van der Waals surface area contributed by atoms with Crippen LogP contribution in [0, 0.1) is 10.1 Å². The predicted molar refractivity (Wildman–Crippen MR) is 101 cm³/mol. The lowest BCUT2D eigenvalue weighted by molar-refractivity contribution is -0.384. The van der Waals surface area contributed by atoms with Gasteiger partial charge in [0.2, 0.25) is 0 Å². The molecule has 2 aromatic rings. The fraction of sp³-hybridized carbons (Fsp3) is 0.350.